The molecule has 0 aliphatic heterocycles. The maximum atomic E-state index is 10.3. The SMILES string of the molecule is CC(C)(C)c1cc(C[C@@H]2CCCC[C@H]2O)cc(C(C)(C)C)c1. The van der Waals surface area contributed by atoms with E-state index in [2.05, 4.69) is 59.7 Å². The maximum absolute atomic E-state index is 10.3. The summed E-state index contributed by atoms with van der Waals surface area (Å²) < 4.78 is 0. The van der Waals surface area contributed by atoms with E-state index in [1.165, 1.54) is 36.0 Å². The zero-order valence-corrected chi connectivity index (χ0v) is 15.4. The molecule has 1 fully saturated rings. The van der Waals surface area contributed by atoms with Gasteiger partial charge in [0.25, 0.3) is 0 Å². The molecule has 1 aromatic rings. The molecular weight excluding hydrogens is 268 g/mol. The maximum Gasteiger partial charge on any atom is 0.0571 e. The second-order valence-corrected chi connectivity index (χ2v) is 9.23. The normalized spacial score (nSPS) is 23.6. The summed E-state index contributed by atoms with van der Waals surface area (Å²) in [5, 5.41) is 10.3. The molecule has 1 aliphatic rings. The lowest BCUT2D eigenvalue weighted by Crippen LogP contribution is -2.26. The van der Waals surface area contributed by atoms with Crippen LogP contribution in [0, 0.1) is 5.92 Å². The minimum atomic E-state index is -0.106. The Balaban J connectivity index is 2.33. The molecule has 2 atom stereocenters. The molecule has 1 saturated carbocycles. The molecule has 1 aliphatic carbocycles. The van der Waals surface area contributed by atoms with Crippen molar-refractivity contribution >= 4 is 0 Å². The highest BCUT2D eigenvalue weighted by Gasteiger charge is 2.25. The first-order valence-corrected chi connectivity index (χ1v) is 8.90. The van der Waals surface area contributed by atoms with Crippen molar-refractivity contribution in [3.8, 4) is 0 Å². The minimum Gasteiger partial charge on any atom is -0.393 e. The van der Waals surface area contributed by atoms with E-state index in [4.69, 9.17) is 0 Å². The molecule has 2 rings (SSSR count). The molecular formula is C21H34O. The van der Waals surface area contributed by atoms with Gasteiger partial charge >= 0.3 is 0 Å². The van der Waals surface area contributed by atoms with Crippen molar-refractivity contribution in [3.63, 3.8) is 0 Å². The third-order valence-electron chi connectivity index (χ3n) is 5.09. The summed E-state index contributed by atoms with van der Waals surface area (Å²) in [6.07, 6.45) is 5.53. The molecule has 1 N–H and O–H groups in total. The summed E-state index contributed by atoms with van der Waals surface area (Å²) in [6.45, 7) is 13.7. The monoisotopic (exact) mass is 302 g/mol. The van der Waals surface area contributed by atoms with Crippen LogP contribution in [-0.2, 0) is 17.3 Å². The highest BCUT2D eigenvalue weighted by atomic mass is 16.3. The second kappa shape index (κ2) is 6.35. The fourth-order valence-electron chi connectivity index (χ4n) is 3.40. The summed E-state index contributed by atoms with van der Waals surface area (Å²) >= 11 is 0. The first-order valence-electron chi connectivity index (χ1n) is 8.90. The van der Waals surface area contributed by atoms with Crippen molar-refractivity contribution in [1.29, 1.82) is 0 Å². The molecule has 22 heavy (non-hydrogen) atoms. The van der Waals surface area contributed by atoms with E-state index in [1.807, 2.05) is 0 Å². The van der Waals surface area contributed by atoms with Crippen LogP contribution in [0.1, 0.15) is 83.9 Å². The predicted octanol–water partition coefficient (Wildman–Crippen LogP) is 5.38. The van der Waals surface area contributed by atoms with E-state index in [0.29, 0.717) is 5.92 Å². The fourth-order valence-corrected chi connectivity index (χ4v) is 3.40. The second-order valence-electron chi connectivity index (χ2n) is 9.23. The average Bonchev–Trinajstić information content (AvgIpc) is 2.39. The van der Waals surface area contributed by atoms with E-state index >= 15 is 0 Å². The van der Waals surface area contributed by atoms with Crippen molar-refractivity contribution in [3.05, 3.63) is 34.9 Å². The number of rotatable bonds is 2. The molecule has 1 aromatic carbocycles. The lowest BCUT2D eigenvalue weighted by molar-refractivity contribution is 0.0700. The summed E-state index contributed by atoms with van der Waals surface area (Å²) in [6, 6.07) is 7.12. The van der Waals surface area contributed by atoms with Crippen LogP contribution in [-0.4, -0.2) is 11.2 Å². The molecule has 0 unspecified atom stereocenters. The quantitative estimate of drug-likeness (QED) is 0.778. The minimum absolute atomic E-state index is 0.106. The summed E-state index contributed by atoms with van der Waals surface area (Å²) in [7, 11) is 0. The van der Waals surface area contributed by atoms with Crippen molar-refractivity contribution < 1.29 is 5.11 Å². The number of aliphatic hydroxyl groups excluding tert-OH is 1. The number of aliphatic hydroxyl groups is 1. The van der Waals surface area contributed by atoms with Crippen LogP contribution in [0.5, 0.6) is 0 Å². The van der Waals surface area contributed by atoms with Crippen molar-refractivity contribution in [2.24, 2.45) is 5.92 Å². The lowest BCUT2D eigenvalue weighted by Gasteiger charge is -2.30. The van der Waals surface area contributed by atoms with Crippen LogP contribution in [0.4, 0.5) is 0 Å². The van der Waals surface area contributed by atoms with Gasteiger partial charge in [-0.3, -0.25) is 0 Å². The van der Waals surface area contributed by atoms with Gasteiger partial charge in [0.1, 0.15) is 0 Å². The van der Waals surface area contributed by atoms with E-state index in [1.54, 1.807) is 0 Å². The highest BCUT2D eigenvalue weighted by molar-refractivity contribution is 5.37. The van der Waals surface area contributed by atoms with Crippen LogP contribution in [0.25, 0.3) is 0 Å². The average molecular weight is 303 g/mol. The topological polar surface area (TPSA) is 20.2 Å². The Hall–Kier alpha value is -0.820. The summed E-state index contributed by atoms with van der Waals surface area (Å²) in [5.74, 6) is 0.441. The Labute approximate surface area is 137 Å². The predicted molar refractivity (Wildman–Crippen MR) is 95.5 cm³/mol. The summed E-state index contributed by atoms with van der Waals surface area (Å²) in [5.41, 5.74) is 4.58. The van der Waals surface area contributed by atoms with Crippen LogP contribution < -0.4 is 0 Å². The number of hydrogen-bond donors (Lipinski definition) is 1. The Morgan fingerprint density at radius 2 is 1.36 bits per heavy atom. The van der Waals surface area contributed by atoms with Crippen LogP contribution in [0.3, 0.4) is 0 Å². The third kappa shape index (κ3) is 4.35. The highest BCUT2D eigenvalue weighted by Crippen LogP contribution is 2.33. The molecule has 1 nitrogen and oxygen atoms in total. The zero-order chi connectivity index (χ0) is 16.5. The molecule has 124 valence electrons. The van der Waals surface area contributed by atoms with Gasteiger partial charge in [-0.05, 0) is 52.7 Å². The smallest absolute Gasteiger partial charge is 0.0571 e. The number of benzene rings is 1. The number of hydrogen-bond acceptors (Lipinski definition) is 1. The first kappa shape index (κ1) is 17.5. The standard InChI is InChI=1S/C21H34O/c1-20(2,3)17-12-15(13-18(14-17)21(4,5)6)11-16-9-7-8-10-19(16)22/h12-14,16,19,22H,7-11H2,1-6H3/t16-,19+/m0/s1. The van der Waals surface area contributed by atoms with Crippen molar-refractivity contribution in [2.45, 2.75) is 90.6 Å². The van der Waals surface area contributed by atoms with E-state index in [-0.39, 0.29) is 16.9 Å². The molecule has 0 amide bonds. The van der Waals surface area contributed by atoms with Crippen LogP contribution in [0.15, 0.2) is 18.2 Å². The van der Waals surface area contributed by atoms with Crippen LogP contribution >= 0.6 is 0 Å². The molecule has 1 heteroatoms. The van der Waals surface area contributed by atoms with Gasteiger partial charge < -0.3 is 5.11 Å². The molecule has 0 heterocycles. The van der Waals surface area contributed by atoms with E-state index in [9.17, 15) is 5.11 Å². The Morgan fingerprint density at radius 3 is 1.82 bits per heavy atom. The Kier molecular flexibility index (Phi) is 5.06. The van der Waals surface area contributed by atoms with Gasteiger partial charge in [0.2, 0.25) is 0 Å². The molecule has 0 bridgehead atoms. The molecule has 0 radical (unpaired) electrons. The van der Waals surface area contributed by atoms with Gasteiger partial charge in [-0.2, -0.15) is 0 Å². The molecule has 0 spiro atoms. The van der Waals surface area contributed by atoms with Gasteiger partial charge in [0.15, 0.2) is 0 Å². The van der Waals surface area contributed by atoms with Crippen LogP contribution in [0.2, 0.25) is 0 Å². The van der Waals surface area contributed by atoms with Crippen molar-refractivity contribution in [1.82, 2.24) is 0 Å². The van der Waals surface area contributed by atoms with Gasteiger partial charge in [-0.1, -0.05) is 72.6 Å². The van der Waals surface area contributed by atoms with Gasteiger partial charge in [-0.25, -0.2) is 0 Å². The Bertz CT molecular complexity index is 469. The first-order chi connectivity index (χ1) is 10.1. The fraction of sp³-hybridized carbons (Fsp3) is 0.714. The molecule has 0 saturated heterocycles. The van der Waals surface area contributed by atoms with Crippen molar-refractivity contribution in [2.75, 3.05) is 0 Å². The molecule has 0 aromatic heterocycles. The Morgan fingerprint density at radius 1 is 0.864 bits per heavy atom. The third-order valence-corrected chi connectivity index (χ3v) is 5.09. The summed E-state index contributed by atoms with van der Waals surface area (Å²) in [4.78, 5) is 0. The lowest BCUT2D eigenvalue weighted by atomic mass is 9.77. The van der Waals surface area contributed by atoms with Gasteiger partial charge in [0.05, 0.1) is 6.10 Å². The van der Waals surface area contributed by atoms with Gasteiger partial charge in [-0.15, -0.1) is 0 Å². The van der Waals surface area contributed by atoms with E-state index < -0.39 is 0 Å². The zero-order valence-electron chi connectivity index (χ0n) is 15.4. The van der Waals surface area contributed by atoms with Gasteiger partial charge in [0, 0.05) is 0 Å². The largest absolute Gasteiger partial charge is 0.393 e. The van der Waals surface area contributed by atoms with E-state index in [0.717, 1.165) is 12.8 Å².